The van der Waals surface area contributed by atoms with Crippen molar-refractivity contribution >= 4 is 40.1 Å². The fourth-order valence-corrected chi connectivity index (χ4v) is 6.08. The highest BCUT2D eigenvalue weighted by atomic mass is 35.5. The van der Waals surface area contributed by atoms with Gasteiger partial charge in [0.2, 0.25) is 5.91 Å². The largest absolute Gasteiger partial charge is 0.345 e. The van der Waals surface area contributed by atoms with E-state index in [9.17, 15) is 9.59 Å². The number of hydrogen-bond donors (Lipinski definition) is 2. The van der Waals surface area contributed by atoms with Gasteiger partial charge in [-0.2, -0.15) is 5.10 Å². The molecule has 1 fully saturated rings. The molecule has 0 spiro atoms. The maximum Gasteiger partial charge on any atom is 0.254 e. The number of fused-ring (bicyclic) bond motifs is 1. The summed E-state index contributed by atoms with van der Waals surface area (Å²) >= 11 is 6.71. The Balaban J connectivity index is 1.22. The van der Waals surface area contributed by atoms with Crippen LogP contribution in [0, 0.1) is 12.8 Å². The van der Waals surface area contributed by atoms with Crippen molar-refractivity contribution in [1.82, 2.24) is 25.0 Å². The lowest BCUT2D eigenvalue weighted by Gasteiger charge is -2.33. The Labute approximate surface area is 252 Å². The van der Waals surface area contributed by atoms with Crippen LogP contribution in [0.2, 0.25) is 5.02 Å². The average Bonchev–Trinajstić information content (AvgIpc) is 3.29. The zero-order chi connectivity index (χ0) is 29.8. The van der Waals surface area contributed by atoms with Gasteiger partial charge in [-0.25, -0.2) is 4.98 Å². The van der Waals surface area contributed by atoms with E-state index in [0.717, 1.165) is 55.8 Å². The Morgan fingerprint density at radius 3 is 2.52 bits per heavy atom. The molecule has 2 aromatic carbocycles. The van der Waals surface area contributed by atoms with E-state index in [4.69, 9.17) is 11.6 Å². The molecule has 2 amide bonds. The van der Waals surface area contributed by atoms with Gasteiger partial charge in [-0.15, -0.1) is 0 Å². The van der Waals surface area contributed by atoms with Gasteiger partial charge < -0.3 is 15.5 Å². The summed E-state index contributed by atoms with van der Waals surface area (Å²) in [5.74, 6) is 0.203. The van der Waals surface area contributed by atoms with Gasteiger partial charge in [0, 0.05) is 31.4 Å². The number of amides is 2. The fourth-order valence-electron chi connectivity index (χ4n) is 5.73. The summed E-state index contributed by atoms with van der Waals surface area (Å²) in [6.07, 6.45) is 4.42. The summed E-state index contributed by atoms with van der Waals surface area (Å²) in [7, 11) is 1.82. The van der Waals surface area contributed by atoms with Crippen LogP contribution in [0.25, 0.3) is 11.0 Å². The van der Waals surface area contributed by atoms with E-state index in [-0.39, 0.29) is 23.8 Å². The quantitative estimate of drug-likeness (QED) is 0.241. The van der Waals surface area contributed by atoms with Crippen molar-refractivity contribution in [3.05, 3.63) is 88.2 Å². The number of nitrogens with zero attached hydrogens (tertiary/aromatic N) is 4. The topological polar surface area (TPSA) is 92.2 Å². The van der Waals surface area contributed by atoms with E-state index >= 15 is 0 Å². The second kappa shape index (κ2) is 13.0. The number of carbonyl (C=O) groups is 2. The first-order valence-corrected chi connectivity index (χ1v) is 15.1. The van der Waals surface area contributed by atoms with Crippen LogP contribution in [-0.2, 0) is 11.8 Å². The number of rotatable bonds is 9. The molecule has 3 heterocycles. The number of hydrogen-bond acceptors (Lipinski definition) is 5. The fraction of sp³-hybridized carbons (Fsp3) is 0.394. The van der Waals surface area contributed by atoms with Gasteiger partial charge in [0.1, 0.15) is 0 Å². The van der Waals surface area contributed by atoms with E-state index < -0.39 is 0 Å². The molecule has 5 rings (SSSR count). The van der Waals surface area contributed by atoms with Crippen LogP contribution in [-0.4, -0.2) is 51.1 Å². The molecule has 0 radical (unpaired) electrons. The SMILES string of the molecule is Cc1nn(C)c2ncc(C(=O)N[C@@H](CCN3CCC(c4cccc(NC(=O)C(C)C)c4)CC3)c3ccccc3)c(Cl)c12. The van der Waals surface area contributed by atoms with Gasteiger partial charge in [-0.3, -0.25) is 14.3 Å². The Bertz CT molecular complexity index is 1560. The third kappa shape index (κ3) is 6.66. The predicted molar refractivity (Wildman–Crippen MR) is 168 cm³/mol. The Morgan fingerprint density at radius 2 is 1.81 bits per heavy atom. The molecule has 4 aromatic rings. The van der Waals surface area contributed by atoms with Crippen LogP contribution in [0.4, 0.5) is 5.69 Å². The lowest BCUT2D eigenvalue weighted by Crippen LogP contribution is -2.36. The smallest absolute Gasteiger partial charge is 0.254 e. The van der Waals surface area contributed by atoms with Crippen LogP contribution in [0.5, 0.6) is 0 Å². The third-order valence-electron chi connectivity index (χ3n) is 8.19. The number of pyridine rings is 1. The summed E-state index contributed by atoms with van der Waals surface area (Å²) in [4.78, 5) is 32.6. The van der Waals surface area contributed by atoms with Crippen molar-refractivity contribution in [1.29, 1.82) is 0 Å². The van der Waals surface area contributed by atoms with E-state index in [2.05, 4.69) is 49.9 Å². The number of likely N-dealkylation sites (tertiary alicyclic amines) is 1. The molecule has 2 N–H and O–H groups in total. The molecule has 42 heavy (non-hydrogen) atoms. The Hall–Kier alpha value is -3.75. The number of aryl methyl sites for hydroxylation is 2. The number of halogens is 1. The number of piperidine rings is 1. The van der Waals surface area contributed by atoms with Crippen molar-refractivity contribution in [2.75, 3.05) is 25.0 Å². The first kappa shape index (κ1) is 29.7. The molecule has 0 bridgehead atoms. The van der Waals surface area contributed by atoms with Crippen molar-refractivity contribution in [3.63, 3.8) is 0 Å². The van der Waals surface area contributed by atoms with Crippen LogP contribution in [0.15, 0.2) is 60.8 Å². The summed E-state index contributed by atoms with van der Waals surface area (Å²) in [6, 6.07) is 18.2. The maximum atomic E-state index is 13.5. The second-order valence-electron chi connectivity index (χ2n) is 11.5. The lowest BCUT2D eigenvalue weighted by molar-refractivity contribution is -0.118. The number of anilines is 1. The Kier molecular flexibility index (Phi) is 9.24. The molecule has 1 atom stereocenters. The normalized spacial score (nSPS) is 15.2. The Morgan fingerprint density at radius 1 is 1.07 bits per heavy atom. The van der Waals surface area contributed by atoms with E-state index in [1.807, 2.05) is 58.2 Å². The maximum absolute atomic E-state index is 13.5. The first-order valence-electron chi connectivity index (χ1n) is 14.7. The number of aromatic nitrogens is 3. The van der Waals surface area contributed by atoms with Crippen LogP contribution >= 0.6 is 11.6 Å². The molecular weight excluding hydrogens is 548 g/mol. The third-order valence-corrected chi connectivity index (χ3v) is 8.58. The van der Waals surface area contributed by atoms with Crippen molar-refractivity contribution in [3.8, 4) is 0 Å². The van der Waals surface area contributed by atoms with Gasteiger partial charge in [0.05, 0.1) is 27.7 Å². The summed E-state index contributed by atoms with van der Waals surface area (Å²) in [6.45, 7) is 8.50. The standard InChI is InChI=1S/C33H39ClN6O2/c1-21(2)32(41)36-26-12-8-11-25(19-26)23-13-16-40(17-14-23)18-15-28(24-9-6-5-7-10-24)37-33(42)27-20-35-31-29(30(27)34)22(3)38-39(31)4/h5-12,19-21,23,28H,13-18H2,1-4H3,(H,36,41)(H,37,42)/t28-/m0/s1. The second-order valence-corrected chi connectivity index (χ2v) is 11.9. The minimum absolute atomic E-state index is 0.0355. The molecule has 1 aliphatic heterocycles. The highest BCUT2D eigenvalue weighted by Gasteiger charge is 2.25. The number of nitrogens with one attached hydrogen (secondary N) is 2. The summed E-state index contributed by atoms with van der Waals surface area (Å²) in [5, 5.41) is 11.7. The first-order chi connectivity index (χ1) is 20.2. The minimum Gasteiger partial charge on any atom is -0.345 e. The van der Waals surface area contributed by atoms with Gasteiger partial charge in [0.25, 0.3) is 5.91 Å². The monoisotopic (exact) mass is 586 g/mol. The molecule has 0 aliphatic carbocycles. The van der Waals surface area contributed by atoms with E-state index in [1.54, 1.807) is 4.68 Å². The zero-order valence-corrected chi connectivity index (χ0v) is 25.5. The predicted octanol–water partition coefficient (Wildman–Crippen LogP) is 6.27. The molecule has 0 unspecified atom stereocenters. The van der Waals surface area contributed by atoms with Crippen LogP contribution in [0.3, 0.4) is 0 Å². The van der Waals surface area contributed by atoms with Crippen LogP contribution < -0.4 is 10.6 Å². The van der Waals surface area contributed by atoms with Gasteiger partial charge >= 0.3 is 0 Å². The van der Waals surface area contributed by atoms with Gasteiger partial charge in [-0.1, -0.05) is 67.9 Å². The molecular formula is C33H39ClN6O2. The minimum atomic E-state index is -0.241. The van der Waals surface area contributed by atoms with E-state index in [0.29, 0.717) is 27.5 Å². The molecule has 2 aromatic heterocycles. The molecule has 1 saturated heterocycles. The number of benzene rings is 2. The van der Waals surface area contributed by atoms with Gasteiger partial charge in [0.15, 0.2) is 5.65 Å². The molecule has 220 valence electrons. The molecule has 1 aliphatic rings. The highest BCUT2D eigenvalue weighted by molar-refractivity contribution is 6.38. The highest BCUT2D eigenvalue weighted by Crippen LogP contribution is 2.31. The lowest BCUT2D eigenvalue weighted by atomic mass is 9.89. The van der Waals surface area contributed by atoms with Gasteiger partial charge in [-0.05, 0) is 68.5 Å². The summed E-state index contributed by atoms with van der Waals surface area (Å²) < 4.78 is 1.68. The number of carbonyl (C=O) groups excluding carboxylic acids is 2. The van der Waals surface area contributed by atoms with Crippen molar-refractivity contribution in [2.45, 2.75) is 52.0 Å². The summed E-state index contributed by atoms with van der Waals surface area (Å²) in [5.41, 5.74) is 4.96. The molecule has 0 saturated carbocycles. The van der Waals surface area contributed by atoms with Crippen molar-refractivity contribution in [2.24, 2.45) is 13.0 Å². The van der Waals surface area contributed by atoms with E-state index in [1.165, 1.54) is 11.8 Å². The average molecular weight is 587 g/mol. The molecule has 8 nitrogen and oxygen atoms in total. The van der Waals surface area contributed by atoms with Crippen LogP contribution in [0.1, 0.15) is 72.2 Å². The molecule has 9 heteroatoms. The van der Waals surface area contributed by atoms with Crippen molar-refractivity contribution < 1.29 is 9.59 Å². The zero-order valence-electron chi connectivity index (χ0n) is 24.7.